The molecule has 0 spiro atoms. The monoisotopic (exact) mass is 264 g/mol. The number of hydrogen-bond donors (Lipinski definition) is 2. The lowest BCUT2D eigenvalue weighted by atomic mass is 10.3. The molecule has 19 heavy (non-hydrogen) atoms. The molecular weight excluding hydrogens is 244 g/mol. The van der Waals surface area contributed by atoms with E-state index in [0.29, 0.717) is 18.8 Å². The summed E-state index contributed by atoms with van der Waals surface area (Å²) in [6, 6.07) is 6.88. The van der Waals surface area contributed by atoms with Crippen LogP contribution >= 0.6 is 0 Å². The highest BCUT2D eigenvalue weighted by Gasteiger charge is 2.12. The van der Waals surface area contributed by atoms with Crippen molar-refractivity contribution in [1.29, 1.82) is 0 Å². The number of rotatable bonds is 6. The van der Waals surface area contributed by atoms with Gasteiger partial charge in [0.1, 0.15) is 5.75 Å². The fraction of sp³-hybridized carbons (Fsp3) is 0.429. The number of carbonyl (C=O) groups is 2. The summed E-state index contributed by atoms with van der Waals surface area (Å²) in [6.45, 7) is 5.03. The van der Waals surface area contributed by atoms with Gasteiger partial charge >= 0.3 is 11.8 Å². The Morgan fingerprint density at radius 3 is 2.37 bits per heavy atom. The Bertz CT molecular complexity index is 415. The van der Waals surface area contributed by atoms with Gasteiger partial charge in [0.15, 0.2) is 0 Å². The van der Waals surface area contributed by atoms with E-state index >= 15 is 0 Å². The number of nitrogens with one attached hydrogen (secondary N) is 2. The maximum Gasteiger partial charge on any atom is 0.313 e. The molecule has 0 aromatic heterocycles. The van der Waals surface area contributed by atoms with Crippen molar-refractivity contribution in [3.05, 3.63) is 24.3 Å². The maximum absolute atomic E-state index is 11.6. The molecule has 0 atom stereocenters. The van der Waals surface area contributed by atoms with Crippen molar-refractivity contribution in [2.45, 2.75) is 26.7 Å². The molecule has 0 aliphatic carbocycles. The van der Waals surface area contributed by atoms with E-state index in [1.807, 2.05) is 13.8 Å². The summed E-state index contributed by atoms with van der Waals surface area (Å²) >= 11 is 0. The third-order valence-corrected chi connectivity index (χ3v) is 2.45. The number of amides is 2. The quantitative estimate of drug-likeness (QED) is 0.609. The second-order valence-electron chi connectivity index (χ2n) is 4.02. The molecule has 0 saturated heterocycles. The van der Waals surface area contributed by atoms with Gasteiger partial charge in [-0.05, 0) is 37.6 Å². The van der Waals surface area contributed by atoms with E-state index in [4.69, 9.17) is 4.74 Å². The van der Waals surface area contributed by atoms with E-state index in [1.54, 1.807) is 24.3 Å². The first-order chi connectivity index (χ1) is 9.17. The first kappa shape index (κ1) is 15.0. The topological polar surface area (TPSA) is 67.4 Å². The molecule has 1 aromatic carbocycles. The number of ether oxygens (including phenoxy) is 1. The van der Waals surface area contributed by atoms with Crippen LogP contribution in [0.2, 0.25) is 0 Å². The molecule has 0 aliphatic heterocycles. The zero-order chi connectivity index (χ0) is 14.1. The highest BCUT2D eigenvalue weighted by molar-refractivity contribution is 6.39. The number of carbonyl (C=O) groups excluding carboxylic acids is 2. The highest BCUT2D eigenvalue weighted by atomic mass is 16.5. The first-order valence-electron chi connectivity index (χ1n) is 6.49. The number of anilines is 1. The SMILES string of the molecule is CCCCNC(=O)C(=O)Nc1ccc(OCC)cc1. The Kier molecular flexibility index (Phi) is 6.43. The van der Waals surface area contributed by atoms with Crippen molar-refractivity contribution in [3.8, 4) is 5.75 Å². The van der Waals surface area contributed by atoms with Crippen molar-refractivity contribution in [2.75, 3.05) is 18.5 Å². The van der Waals surface area contributed by atoms with Crippen molar-refractivity contribution in [1.82, 2.24) is 5.32 Å². The van der Waals surface area contributed by atoms with Crippen molar-refractivity contribution >= 4 is 17.5 Å². The van der Waals surface area contributed by atoms with Crippen LogP contribution in [0.15, 0.2) is 24.3 Å². The van der Waals surface area contributed by atoms with Gasteiger partial charge in [-0.3, -0.25) is 9.59 Å². The second kappa shape index (κ2) is 8.13. The van der Waals surface area contributed by atoms with Gasteiger partial charge in [-0.2, -0.15) is 0 Å². The van der Waals surface area contributed by atoms with E-state index in [9.17, 15) is 9.59 Å². The van der Waals surface area contributed by atoms with E-state index in [0.717, 1.165) is 18.6 Å². The molecule has 5 heteroatoms. The highest BCUT2D eigenvalue weighted by Crippen LogP contribution is 2.15. The molecule has 0 aliphatic rings. The van der Waals surface area contributed by atoms with Gasteiger partial charge in [-0.15, -0.1) is 0 Å². The third kappa shape index (κ3) is 5.42. The largest absolute Gasteiger partial charge is 0.494 e. The lowest BCUT2D eigenvalue weighted by Gasteiger charge is -2.07. The van der Waals surface area contributed by atoms with Crippen LogP contribution in [0, 0.1) is 0 Å². The molecule has 0 bridgehead atoms. The molecule has 0 heterocycles. The molecule has 5 nitrogen and oxygen atoms in total. The van der Waals surface area contributed by atoms with Crippen molar-refractivity contribution in [3.63, 3.8) is 0 Å². The summed E-state index contributed by atoms with van der Waals surface area (Å²) in [6.07, 6.45) is 1.84. The minimum atomic E-state index is -0.653. The lowest BCUT2D eigenvalue weighted by molar-refractivity contribution is -0.136. The Morgan fingerprint density at radius 2 is 1.79 bits per heavy atom. The van der Waals surface area contributed by atoms with E-state index in [2.05, 4.69) is 10.6 Å². The zero-order valence-corrected chi connectivity index (χ0v) is 11.4. The lowest BCUT2D eigenvalue weighted by Crippen LogP contribution is -2.35. The van der Waals surface area contributed by atoms with Gasteiger partial charge in [0, 0.05) is 12.2 Å². The Morgan fingerprint density at radius 1 is 1.11 bits per heavy atom. The van der Waals surface area contributed by atoms with E-state index in [1.165, 1.54) is 0 Å². The van der Waals surface area contributed by atoms with Crippen LogP contribution in [0.25, 0.3) is 0 Å². The molecule has 2 amide bonds. The Labute approximate surface area is 113 Å². The Balaban J connectivity index is 2.45. The molecule has 1 aromatic rings. The summed E-state index contributed by atoms with van der Waals surface area (Å²) in [7, 11) is 0. The molecule has 0 fully saturated rings. The zero-order valence-electron chi connectivity index (χ0n) is 11.4. The van der Waals surface area contributed by atoms with Gasteiger partial charge in [0.2, 0.25) is 0 Å². The number of unbranched alkanes of at least 4 members (excludes halogenated alkanes) is 1. The fourth-order valence-electron chi connectivity index (χ4n) is 1.45. The first-order valence-corrected chi connectivity index (χ1v) is 6.49. The smallest absolute Gasteiger partial charge is 0.313 e. The van der Waals surface area contributed by atoms with Gasteiger partial charge in [0.25, 0.3) is 0 Å². The molecule has 2 N–H and O–H groups in total. The standard InChI is InChI=1S/C14H20N2O3/c1-3-5-10-15-13(17)14(18)16-11-6-8-12(9-7-11)19-4-2/h6-9H,3-5,10H2,1-2H3,(H,15,17)(H,16,18). The summed E-state index contributed by atoms with van der Waals surface area (Å²) in [5, 5.41) is 5.09. The van der Waals surface area contributed by atoms with Crippen LogP contribution in [-0.2, 0) is 9.59 Å². The van der Waals surface area contributed by atoms with Gasteiger partial charge in [-0.25, -0.2) is 0 Å². The average molecular weight is 264 g/mol. The summed E-state index contributed by atoms with van der Waals surface area (Å²) in [5.41, 5.74) is 0.569. The van der Waals surface area contributed by atoms with Crippen molar-refractivity contribution in [2.24, 2.45) is 0 Å². The number of hydrogen-bond acceptors (Lipinski definition) is 3. The molecular formula is C14H20N2O3. The normalized spacial score (nSPS) is 9.79. The van der Waals surface area contributed by atoms with Crippen LogP contribution < -0.4 is 15.4 Å². The minimum absolute atomic E-state index is 0.520. The predicted octanol–water partition coefficient (Wildman–Crippen LogP) is 1.94. The molecule has 0 saturated carbocycles. The van der Waals surface area contributed by atoms with Gasteiger partial charge < -0.3 is 15.4 Å². The van der Waals surface area contributed by atoms with E-state index in [-0.39, 0.29) is 0 Å². The van der Waals surface area contributed by atoms with Crippen LogP contribution in [-0.4, -0.2) is 25.0 Å². The molecule has 0 unspecified atom stereocenters. The van der Waals surface area contributed by atoms with Crippen LogP contribution in [0.3, 0.4) is 0 Å². The minimum Gasteiger partial charge on any atom is -0.494 e. The number of benzene rings is 1. The van der Waals surface area contributed by atoms with Crippen LogP contribution in [0.1, 0.15) is 26.7 Å². The maximum atomic E-state index is 11.6. The van der Waals surface area contributed by atoms with E-state index < -0.39 is 11.8 Å². The fourth-order valence-corrected chi connectivity index (χ4v) is 1.45. The van der Waals surface area contributed by atoms with Crippen LogP contribution in [0.4, 0.5) is 5.69 Å². The summed E-state index contributed by atoms with van der Waals surface area (Å²) in [5.74, 6) is -0.532. The Hall–Kier alpha value is -2.04. The second-order valence-corrected chi connectivity index (χ2v) is 4.02. The predicted molar refractivity (Wildman–Crippen MR) is 74.2 cm³/mol. The third-order valence-electron chi connectivity index (χ3n) is 2.45. The van der Waals surface area contributed by atoms with Gasteiger partial charge in [-0.1, -0.05) is 13.3 Å². The van der Waals surface area contributed by atoms with Crippen LogP contribution in [0.5, 0.6) is 5.75 Å². The average Bonchev–Trinajstić information content (AvgIpc) is 2.41. The molecule has 0 radical (unpaired) electrons. The summed E-state index contributed by atoms with van der Waals surface area (Å²) < 4.78 is 5.29. The molecule has 1 rings (SSSR count). The van der Waals surface area contributed by atoms with Gasteiger partial charge in [0.05, 0.1) is 6.61 Å². The van der Waals surface area contributed by atoms with Crippen molar-refractivity contribution < 1.29 is 14.3 Å². The summed E-state index contributed by atoms with van der Waals surface area (Å²) in [4.78, 5) is 23.0. The molecule has 104 valence electrons.